The molecular formula is C11H14ClN3O2. The summed E-state index contributed by atoms with van der Waals surface area (Å²) < 4.78 is 0. The van der Waals surface area contributed by atoms with Gasteiger partial charge in [-0.15, -0.1) is 6.58 Å². The fourth-order valence-electron chi connectivity index (χ4n) is 1.34. The van der Waals surface area contributed by atoms with Crippen LogP contribution >= 0.6 is 11.6 Å². The first-order valence-electron chi connectivity index (χ1n) is 5.02. The van der Waals surface area contributed by atoms with Gasteiger partial charge in [-0.2, -0.15) is 0 Å². The molecule has 0 unspecified atom stereocenters. The van der Waals surface area contributed by atoms with Gasteiger partial charge in [0.15, 0.2) is 0 Å². The van der Waals surface area contributed by atoms with E-state index in [4.69, 9.17) is 22.4 Å². The third-order valence-electron chi connectivity index (χ3n) is 2.10. The summed E-state index contributed by atoms with van der Waals surface area (Å²) in [6.45, 7) is 3.95. The van der Waals surface area contributed by atoms with E-state index in [-0.39, 0.29) is 29.8 Å². The number of nitrogen functional groups attached to an aromatic ring is 1. The minimum atomic E-state index is -0.330. The van der Waals surface area contributed by atoms with Crippen molar-refractivity contribution in [3.05, 3.63) is 35.6 Å². The van der Waals surface area contributed by atoms with Gasteiger partial charge in [0.25, 0.3) is 5.91 Å². The van der Waals surface area contributed by atoms with Gasteiger partial charge >= 0.3 is 0 Å². The van der Waals surface area contributed by atoms with Crippen molar-refractivity contribution in [2.75, 3.05) is 25.4 Å². The van der Waals surface area contributed by atoms with E-state index in [2.05, 4.69) is 11.6 Å². The van der Waals surface area contributed by atoms with Crippen LogP contribution in [0.4, 0.5) is 5.69 Å². The molecule has 17 heavy (non-hydrogen) atoms. The van der Waals surface area contributed by atoms with Gasteiger partial charge in [0.1, 0.15) is 5.15 Å². The smallest absolute Gasteiger partial charge is 0.257 e. The maximum absolute atomic E-state index is 12.1. The van der Waals surface area contributed by atoms with Crippen molar-refractivity contribution in [3.8, 4) is 0 Å². The molecule has 3 N–H and O–H groups in total. The number of nitrogens with zero attached hydrogens (tertiary/aromatic N) is 2. The number of anilines is 1. The van der Waals surface area contributed by atoms with E-state index < -0.39 is 0 Å². The van der Waals surface area contributed by atoms with E-state index in [9.17, 15) is 4.79 Å². The number of carbonyl (C=O) groups excluding carboxylic acids is 1. The number of nitrogens with two attached hydrogens (primary N) is 1. The van der Waals surface area contributed by atoms with Crippen LogP contribution in [0.15, 0.2) is 24.9 Å². The lowest BCUT2D eigenvalue weighted by Crippen LogP contribution is -2.34. The van der Waals surface area contributed by atoms with Crippen LogP contribution in [-0.2, 0) is 0 Å². The molecule has 0 saturated heterocycles. The lowest BCUT2D eigenvalue weighted by Gasteiger charge is -2.20. The van der Waals surface area contributed by atoms with Crippen LogP contribution in [0.3, 0.4) is 0 Å². The summed E-state index contributed by atoms with van der Waals surface area (Å²) in [7, 11) is 0. The molecule has 6 heteroatoms. The quantitative estimate of drug-likeness (QED) is 0.606. The van der Waals surface area contributed by atoms with Crippen molar-refractivity contribution in [2.45, 2.75) is 0 Å². The zero-order chi connectivity index (χ0) is 12.8. The molecule has 1 aromatic rings. The molecule has 0 atom stereocenters. The minimum Gasteiger partial charge on any atom is -0.397 e. The number of halogens is 1. The number of hydrogen-bond acceptors (Lipinski definition) is 4. The summed E-state index contributed by atoms with van der Waals surface area (Å²) in [5, 5.41) is 8.98. The average molecular weight is 256 g/mol. The molecule has 0 spiro atoms. The third kappa shape index (κ3) is 3.44. The van der Waals surface area contributed by atoms with Crippen LogP contribution in [0.2, 0.25) is 5.15 Å². The summed E-state index contributed by atoms with van der Waals surface area (Å²) in [5.74, 6) is -0.330. The van der Waals surface area contributed by atoms with Gasteiger partial charge in [0.2, 0.25) is 0 Å². The van der Waals surface area contributed by atoms with Crippen LogP contribution < -0.4 is 5.73 Å². The van der Waals surface area contributed by atoms with E-state index in [0.717, 1.165) is 0 Å². The Balaban J connectivity index is 2.99. The summed E-state index contributed by atoms with van der Waals surface area (Å²) in [6, 6.07) is 1.46. The van der Waals surface area contributed by atoms with Crippen molar-refractivity contribution in [1.29, 1.82) is 0 Å². The highest BCUT2D eigenvalue weighted by Gasteiger charge is 2.18. The molecule has 0 radical (unpaired) electrons. The molecule has 1 aromatic heterocycles. The molecule has 0 aliphatic rings. The number of amides is 1. The Hall–Kier alpha value is -1.59. The summed E-state index contributed by atoms with van der Waals surface area (Å²) in [5.41, 5.74) is 6.14. The molecule has 1 amide bonds. The second kappa shape index (κ2) is 6.22. The van der Waals surface area contributed by atoms with Crippen molar-refractivity contribution >= 4 is 23.2 Å². The average Bonchev–Trinajstić information content (AvgIpc) is 2.31. The number of rotatable bonds is 5. The van der Waals surface area contributed by atoms with Gasteiger partial charge < -0.3 is 15.7 Å². The van der Waals surface area contributed by atoms with Crippen LogP contribution in [0.1, 0.15) is 10.4 Å². The Labute approximate surface area is 105 Å². The highest BCUT2D eigenvalue weighted by molar-refractivity contribution is 6.32. The topological polar surface area (TPSA) is 79.5 Å². The second-order valence-electron chi connectivity index (χ2n) is 3.37. The number of aliphatic hydroxyl groups excluding tert-OH is 1. The summed E-state index contributed by atoms with van der Waals surface area (Å²) >= 11 is 5.83. The Bertz CT molecular complexity index is 423. The maximum atomic E-state index is 12.1. The van der Waals surface area contributed by atoms with Crippen molar-refractivity contribution in [3.63, 3.8) is 0 Å². The van der Waals surface area contributed by atoms with Crippen molar-refractivity contribution in [1.82, 2.24) is 9.88 Å². The summed E-state index contributed by atoms with van der Waals surface area (Å²) in [6.07, 6.45) is 2.95. The molecular weight excluding hydrogens is 242 g/mol. The Kier molecular flexibility index (Phi) is 4.93. The lowest BCUT2D eigenvalue weighted by molar-refractivity contribution is 0.0742. The zero-order valence-electron chi connectivity index (χ0n) is 9.27. The van der Waals surface area contributed by atoms with E-state index >= 15 is 0 Å². The van der Waals surface area contributed by atoms with Gasteiger partial charge in [-0.3, -0.25) is 4.79 Å². The normalized spacial score (nSPS) is 10.0. The Morgan fingerprint density at radius 1 is 1.71 bits per heavy atom. The number of aliphatic hydroxyl groups is 1. The number of aromatic nitrogens is 1. The maximum Gasteiger partial charge on any atom is 0.257 e. The highest BCUT2D eigenvalue weighted by atomic mass is 35.5. The van der Waals surface area contributed by atoms with Crippen LogP contribution in [0.5, 0.6) is 0 Å². The molecule has 92 valence electrons. The molecule has 1 heterocycles. The molecule has 0 aliphatic carbocycles. The molecule has 5 nitrogen and oxygen atoms in total. The monoisotopic (exact) mass is 255 g/mol. The first kappa shape index (κ1) is 13.5. The first-order chi connectivity index (χ1) is 8.10. The Morgan fingerprint density at radius 2 is 2.41 bits per heavy atom. The van der Waals surface area contributed by atoms with Crippen LogP contribution in [0.25, 0.3) is 0 Å². The largest absolute Gasteiger partial charge is 0.397 e. The first-order valence-corrected chi connectivity index (χ1v) is 5.40. The Morgan fingerprint density at radius 3 is 3.00 bits per heavy atom. The molecule has 0 fully saturated rings. The fourth-order valence-corrected chi connectivity index (χ4v) is 1.52. The van der Waals surface area contributed by atoms with Gasteiger partial charge in [0.05, 0.1) is 24.1 Å². The predicted molar refractivity (Wildman–Crippen MR) is 66.8 cm³/mol. The number of hydrogen-bond donors (Lipinski definition) is 2. The third-order valence-corrected chi connectivity index (χ3v) is 2.40. The summed E-state index contributed by atoms with van der Waals surface area (Å²) in [4.78, 5) is 17.3. The zero-order valence-corrected chi connectivity index (χ0v) is 10.0. The van der Waals surface area contributed by atoms with E-state index in [0.29, 0.717) is 12.2 Å². The van der Waals surface area contributed by atoms with Gasteiger partial charge in [-0.05, 0) is 6.07 Å². The second-order valence-corrected chi connectivity index (χ2v) is 3.73. The van der Waals surface area contributed by atoms with Gasteiger partial charge in [-0.1, -0.05) is 17.7 Å². The predicted octanol–water partition coefficient (Wildman–Crippen LogP) is 0.938. The molecule has 0 saturated carbocycles. The highest BCUT2D eigenvalue weighted by Crippen LogP contribution is 2.17. The molecule has 0 aliphatic heterocycles. The SMILES string of the molecule is C=CCN(CCO)C(=O)c1cc(N)cnc1Cl. The van der Waals surface area contributed by atoms with E-state index in [1.807, 2.05) is 0 Å². The minimum absolute atomic E-state index is 0.0937. The van der Waals surface area contributed by atoms with Gasteiger partial charge in [-0.25, -0.2) is 4.98 Å². The molecule has 1 rings (SSSR count). The van der Waals surface area contributed by atoms with Crippen molar-refractivity contribution < 1.29 is 9.90 Å². The number of carbonyl (C=O) groups is 1. The van der Waals surface area contributed by atoms with E-state index in [1.54, 1.807) is 6.08 Å². The van der Waals surface area contributed by atoms with Crippen LogP contribution in [-0.4, -0.2) is 40.6 Å². The number of pyridine rings is 1. The lowest BCUT2D eigenvalue weighted by atomic mass is 10.2. The van der Waals surface area contributed by atoms with Crippen LogP contribution in [0, 0.1) is 0 Å². The molecule has 0 bridgehead atoms. The fraction of sp³-hybridized carbons (Fsp3) is 0.273. The van der Waals surface area contributed by atoms with Gasteiger partial charge in [0, 0.05) is 13.1 Å². The van der Waals surface area contributed by atoms with Crippen molar-refractivity contribution in [2.24, 2.45) is 0 Å². The molecule has 0 aromatic carbocycles. The standard InChI is InChI=1S/C11H14ClN3O2/c1-2-3-15(4-5-16)11(17)9-6-8(13)7-14-10(9)12/h2,6-7,16H,1,3-5,13H2. The van der Waals surface area contributed by atoms with E-state index in [1.165, 1.54) is 17.2 Å².